The van der Waals surface area contributed by atoms with Crippen molar-refractivity contribution in [2.24, 2.45) is 0 Å². The number of nitrogens with zero attached hydrogens (tertiary/aromatic N) is 2. The molecule has 1 amide bonds. The predicted octanol–water partition coefficient (Wildman–Crippen LogP) is 5.06. The van der Waals surface area contributed by atoms with Gasteiger partial charge in [0.15, 0.2) is 0 Å². The van der Waals surface area contributed by atoms with Crippen molar-refractivity contribution in [1.29, 1.82) is 0 Å². The number of carbonyl (C=O) groups excluding carboxylic acids is 2. The van der Waals surface area contributed by atoms with Crippen molar-refractivity contribution in [3.8, 4) is 5.75 Å². The van der Waals surface area contributed by atoms with Crippen LogP contribution in [0.15, 0.2) is 48.0 Å². The molecule has 6 heteroatoms. The molecule has 188 valence electrons. The minimum Gasteiger partial charge on any atom is -0.507 e. The summed E-state index contributed by atoms with van der Waals surface area (Å²) >= 11 is 0. The van der Waals surface area contributed by atoms with Crippen molar-refractivity contribution < 1.29 is 19.4 Å². The van der Waals surface area contributed by atoms with Gasteiger partial charge in [-0.05, 0) is 67.7 Å². The van der Waals surface area contributed by atoms with E-state index in [1.807, 2.05) is 63.2 Å². The molecule has 1 N–H and O–H groups in total. The fourth-order valence-corrected chi connectivity index (χ4v) is 4.29. The largest absolute Gasteiger partial charge is 0.507 e. The van der Waals surface area contributed by atoms with Crippen LogP contribution in [0.5, 0.6) is 5.75 Å². The van der Waals surface area contributed by atoms with Gasteiger partial charge in [-0.1, -0.05) is 52.0 Å². The van der Waals surface area contributed by atoms with Crippen LogP contribution in [0.25, 0.3) is 5.76 Å². The molecule has 1 fully saturated rings. The first-order valence-corrected chi connectivity index (χ1v) is 12.2. The monoisotopic (exact) mass is 478 g/mol. The Kier molecular flexibility index (Phi) is 8.06. The summed E-state index contributed by atoms with van der Waals surface area (Å²) in [5.41, 5.74) is 3.36. The van der Waals surface area contributed by atoms with Crippen molar-refractivity contribution in [2.75, 3.05) is 33.8 Å². The summed E-state index contributed by atoms with van der Waals surface area (Å²) in [5.74, 6) is -0.683. The van der Waals surface area contributed by atoms with E-state index in [2.05, 4.69) is 20.8 Å². The number of benzene rings is 2. The molecule has 1 atom stereocenters. The van der Waals surface area contributed by atoms with Gasteiger partial charge in [-0.25, -0.2) is 0 Å². The summed E-state index contributed by atoms with van der Waals surface area (Å²) in [6, 6.07) is 12.7. The number of hydrogen-bond acceptors (Lipinski definition) is 5. The molecule has 0 aliphatic carbocycles. The second kappa shape index (κ2) is 10.6. The third-order valence-electron chi connectivity index (χ3n) is 6.35. The van der Waals surface area contributed by atoms with E-state index in [1.54, 1.807) is 17.0 Å². The van der Waals surface area contributed by atoms with Gasteiger partial charge in [0, 0.05) is 18.7 Å². The van der Waals surface area contributed by atoms with Gasteiger partial charge in [0.2, 0.25) is 0 Å². The van der Waals surface area contributed by atoms with Crippen molar-refractivity contribution in [2.45, 2.75) is 52.5 Å². The highest BCUT2D eigenvalue weighted by atomic mass is 16.5. The van der Waals surface area contributed by atoms with Crippen LogP contribution >= 0.6 is 0 Å². The van der Waals surface area contributed by atoms with Gasteiger partial charge < -0.3 is 19.6 Å². The lowest BCUT2D eigenvalue weighted by atomic mass is 9.85. The Morgan fingerprint density at radius 1 is 1.09 bits per heavy atom. The van der Waals surface area contributed by atoms with E-state index in [4.69, 9.17) is 4.74 Å². The van der Waals surface area contributed by atoms with E-state index in [0.29, 0.717) is 31.0 Å². The molecule has 35 heavy (non-hydrogen) atoms. The molecule has 0 spiro atoms. The van der Waals surface area contributed by atoms with E-state index in [-0.39, 0.29) is 16.7 Å². The molecular formula is C29H38N2O4. The van der Waals surface area contributed by atoms with Crippen LogP contribution in [0.3, 0.4) is 0 Å². The fourth-order valence-electron chi connectivity index (χ4n) is 4.29. The Bertz CT molecular complexity index is 1110. The lowest BCUT2D eigenvalue weighted by molar-refractivity contribution is -0.140. The van der Waals surface area contributed by atoms with Crippen LogP contribution in [-0.2, 0) is 15.0 Å². The zero-order valence-electron chi connectivity index (χ0n) is 22.0. The zero-order valence-corrected chi connectivity index (χ0v) is 22.0. The predicted molar refractivity (Wildman–Crippen MR) is 140 cm³/mol. The molecular weight excluding hydrogens is 440 g/mol. The molecule has 0 saturated carbocycles. The lowest BCUT2D eigenvalue weighted by Gasteiger charge is -2.27. The second-order valence-electron chi connectivity index (χ2n) is 10.5. The molecule has 0 aromatic heterocycles. The molecule has 3 rings (SSSR count). The first kappa shape index (κ1) is 26.5. The van der Waals surface area contributed by atoms with Crippen molar-refractivity contribution in [3.05, 3.63) is 70.3 Å². The van der Waals surface area contributed by atoms with Gasteiger partial charge in [-0.2, -0.15) is 0 Å². The molecule has 1 unspecified atom stereocenters. The number of hydrogen-bond donors (Lipinski definition) is 1. The first-order chi connectivity index (χ1) is 16.5. The quantitative estimate of drug-likeness (QED) is 0.326. The van der Waals surface area contributed by atoms with Gasteiger partial charge in [-0.3, -0.25) is 9.59 Å². The normalized spacial score (nSPS) is 17.9. The maximum Gasteiger partial charge on any atom is 0.295 e. The summed E-state index contributed by atoms with van der Waals surface area (Å²) in [4.78, 5) is 29.9. The Hall–Kier alpha value is -3.12. The molecule has 1 aliphatic heterocycles. The van der Waals surface area contributed by atoms with Gasteiger partial charge in [-0.15, -0.1) is 0 Å². The smallest absolute Gasteiger partial charge is 0.295 e. The number of amides is 1. The van der Waals surface area contributed by atoms with Gasteiger partial charge in [0.25, 0.3) is 11.7 Å². The minimum absolute atomic E-state index is 0.0238. The highest BCUT2D eigenvalue weighted by Gasteiger charge is 2.46. The summed E-state index contributed by atoms with van der Waals surface area (Å²) < 4.78 is 5.70. The highest BCUT2D eigenvalue weighted by molar-refractivity contribution is 6.46. The summed E-state index contributed by atoms with van der Waals surface area (Å²) in [7, 11) is 3.85. The topological polar surface area (TPSA) is 70.1 Å². The van der Waals surface area contributed by atoms with E-state index < -0.39 is 17.7 Å². The lowest BCUT2D eigenvalue weighted by Crippen LogP contribution is -2.35. The standard InChI is InChI=1S/C29H38N2O4/c1-8-17-35-22-13-14-23(19(2)18-22)26(32)24-25(20-9-11-21(12-10-20)29(3,4)5)31(16-15-30(6)7)28(34)27(24)33/h9-14,18,25,32H,8,15-17H2,1-7H3. The summed E-state index contributed by atoms with van der Waals surface area (Å²) in [6.45, 7) is 11.9. The molecule has 2 aromatic rings. The molecule has 1 heterocycles. The van der Waals surface area contributed by atoms with Crippen LogP contribution < -0.4 is 4.74 Å². The third kappa shape index (κ3) is 5.76. The fraction of sp³-hybridized carbons (Fsp3) is 0.448. The zero-order chi connectivity index (χ0) is 25.9. The van der Waals surface area contributed by atoms with Crippen LogP contribution in [-0.4, -0.2) is 60.4 Å². The number of ether oxygens (including phenoxy) is 1. The number of ketones is 1. The van der Waals surface area contributed by atoms with E-state index in [0.717, 1.165) is 23.1 Å². The number of aliphatic hydroxyl groups is 1. The number of aliphatic hydroxyl groups excluding tert-OH is 1. The summed E-state index contributed by atoms with van der Waals surface area (Å²) in [6.07, 6.45) is 0.894. The molecule has 6 nitrogen and oxygen atoms in total. The molecule has 0 bridgehead atoms. The number of carbonyl (C=O) groups is 2. The highest BCUT2D eigenvalue weighted by Crippen LogP contribution is 2.40. The minimum atomic E-state index is -0.656. The van der Waals surface area contributed by atoms with Crippen LogP contribution in [0.1, 0.15) is 62.4 Å². The number of aryl methyl sites for hydroxylation is 1. The van der Waals surface area contributed by atoms with Gasteiger partial charge in [0.05, 0.1) is 18.2 Å². The van der Waals surface area contributed by atoms with Crippen molar-refractivity contribution >= 4 is 17.4 Å². The number of Topliss-reactive ketones (excluding diaryl/α,β-unsaturated/α-hetero) is 1. The van der Waals surface area contributed by atoms with Gasteiger partial charge in [0.1, 0.15) is 11.5 Å². The Morgan fingerprint density at radius 2 is 1.74 bits per heavy atom. The Morgan fingerprint density at radius 3 is 2.29 bits per heavy atom. The molecule has 2 aromatic carbocycles. The van der Waals surface area contributed by atoms with Crippen LogP contribution in [0.4, 0.5) is 0 Å². The van der Waals surface area contributed by atoms with E-state index in [9.17, 15) is 14.7 Å². The number of likely N-dealkylation sites (N-methyl/N-ethyl adjacent to an activating group) is 1. The first-order valence-electron chi connectivity index (χ1n) is 12.2. The van der Waals surface area contributed by atoms with Crippen molar-refractivity contribution in [3.63, 3.8) is 0 Å². The average Bonchev–Trinajstić information content (AvgIpc) is 3.05. The maximum absolute atomic E-state index is 13.3. The molecule has 0 radical (unpaired) electrons. The maximum atomic E-state index is 13.3. The van der Waals surface area contributed by atoms with E-state index >= 15 is 0 Å². The Labute approximate surface area is 209 Å². The van der Waals surface area contributed by atoms with Crippen LogP contribution in [0, 0.1) is 6.92 Å². The second-order valence-corrected chi connectivity index (χ2v) is 10.5. The summed E-state index contributed by atoms with van der Waals surface area (Å²) in [5, 5.41) is 11.4. The Balaban J connectivity index is 2.12. The average molecular weight is 479 g/mol. The van der Waals surface area contributed by atoms with Crippen molar-refractivity contribution in [1.82, 2.24) is 9.80 Å². The molecule has 1 aliphatic rings. The third-order valence-corrected chi connectivity index (χ3v) is 6.35. The van der Waals surface area contributed by atoms with Gasteiger partial charge >= 0.3 is 0 Å². The number of likely N-dealkylation sites (tertiary alicyclic amines) is 1. The SMILES string of the molecule is CCCOc1ccc(C(O)=C2C(=O)C(=O)N(CCN(C)C)C2c2ccc(C(C)(C)C)cc2)c(C)c1. The van der Waals surface area contributed by atoms with E-state index in [1.165, 1.54) is 0 Å². The number of rotatable bonds is 8. The molecule has 1 saturated heterocycles. The van der Waals surface area contributed by atoms with Crippen LogP contribution in [0.2, 0.25) is 0 Å².